The summed E-state index contributed by atoms with van der Waals surface area (Å²) in [6.45, 7) is 1.96. The van der Waals surface area contributed by atoms with Crippen LogP contribution in [0.3, 0.4) is 0 Å². The zero-order valence-corrected chi connectivity index (χ0v) is 12.1. The summed E-state index contributed by atoms with van der Waals surface area (Å²) in [5, 5.41) is 3.48. The first kappa shape index (κ1) is 13.4. The molecule has 2 aromatic carbocycles. The molecule has 0 saturated carbocycles. The monoisotopic (exact) mass is 327 g/mol. The molecule has 4 heteroatoms. The molecular formula is C14H12BrClFN. The van der Waals surface area contributed by atoms with Gasteiger partial charge in [0.1, 0.15) is 5.82 Å². The fraction of sp³-hybridized carbons (Fsp3) is 0.143. The lowest BCUT2D eigenvalue weighted by atomic mass is 10.1. The SMILES string of the molecule is CC(Nc1c(F)cccc1Cl)c1ccccc1Br. The number of halogens is 3. The molecule has 0 heterocycles. The van der Waals surface area contributed by atoms with Crippen LogP contribution < -0.4 is 5.32 Å². The number of hydrogen-bond donors (Lipinski definition) is 1. The van der Waals surface area contributed by atoms with Gasteiger partial charge in [0, 0.05) is 10.5 Å². The summed E-state index contributed by atoms with van der Waals surface area (Å²) < 4.78 is 14.7. The van der Waals surface area contributed by atoms with Crippen molar-refractivity contribution in [3.05, 3.63) is 63.3 Å². The molecule has 0 fully saturated rings. The molecule has 0 radical (unpaired) electrons. The Morgan fingerprint density at radius 1 is 1.17 bits per heavy atom. The summed E-state index contributed by atoms with van der Waals surface area (Å²) in [5.74, 6) is -0.346. The van der Waals surface area contributed by atoms with Crippen LogP contribution in [0.15, 0.2) is 46.9 Å². The Bertz CT molecular complexity index is 539. The van der Waals surface area contributed by atoms with Crippen molar-refractivity contribution >= 4 is 33.2 Å². The minimum Gasteiger partial charge on any atom is -0.375 e. The Morgan fingerprint density at radius 2 is 1.89 bits per heavy atom. The maximum absolute atomic E-state index is 13.7. The number of benzene rings is 2. The number of nitrogens with one attached hydrogen (secondary N) is 1. The summed E-state index contributed by atoms with van der Waals surface area (Å²) in [6.07, 6.45) is 0. The first-order valence-electron chi connectivity index (χ1n) is 5.54. The molecule has 2 rings (SSSR count). The molecule has 0 amide bonds. The van der Waals surface area contributed by atoms with Crippen LogP contribution in [0, 0.1) is 5.82 Å². The van der Waals surface area contributed by atoms with Gasteiger partial charge in [-0.1, -0.05) is 51.8 Å². The van der Waals surface area contributed by atoms with Crippen LogP contribution in [-0.4, -0.2) is 0 Å². The highest BCUT2D eigenvalue weighted by Gasteiger charge is 2.13. The number of hydrogen-bond acceptors (Lipinski definition) is 1. The van der Waals surface area contributed by atoms with E-state index < -0.39 is 0 Å². The van der Waals surface area contributed by atoms with Gasteiger partial charge in [-0.15, -0.1) is 0 Å². The molecule has 0 bridgehead atoms. The largest absolute Gasteiger partial charge is 0.375 e. The van der Waals surface area contributed by atoms with Crippen molar-refractivity contribution in [2.24, 2.45) is 0 Å². The highest BCUT2D eigenvalue weighted by molar-refractivity contribution is 9.10. The molecule has 2 aromatic rings. The zero-order valence-electron chi connectivity index (χ0n) is 9.75. The van der Waals surface area contributed by atoms with E-state index in [1.54, 1.807) is 12.1 Å². The van der Waals surface area contributed by atoms with Crippen molar-refractivity contribution in [2.45, 2.75) is 13.0 Å². The molecule has 1 N–H and O–H groups in total. The predicted molar refractivity (Wildman–Crippen MR) is 77.6 cm³/mol. The fourth-order valence-corrected chi connectivity index (χ4v) is 2.60. The van der Waals surface area contributed by atoms with Gasteiger partial charge < -0.3 is 5.32 Å². The Hall–Kier alpha value is -1.06. The Morgan fingerprint density at radius 3 is 2.56 bits per heavy atom. The van der Waals surface area contributed by atoms with Crippen molar-refractivity contribution in [1.29, 1.82) is 0 Å². The molecule has 0 spiro atoms. The van der Waals surface area contributed by atoms with E-state index in [2.05, 4.69) is 21.2 Å². The average Bonchev–Trinajstić information content (AvgIpc) is 2.34. The number of rotatable bonds is 3. The van der Waals surface area contributed by atoms with Crippen LogP contribution >= 0.6 is 27.5 Å². The van der Waals surface area contributed by atoms with E-state index in [0.717, 1.165) is 10.0 Å². The molecule has 94 valence electrons. The lowest BCUT2D eigenvalue weighted by Gasteiger charge is -2.18. The van der Waals surface area contributed by atoms with Gasteiger partial charge in [-0.2, -0.15) is 0 Å². The van der Waals surface area contributed by atoms with E-state index in [0.29, 0.717) is 10.7 Å². The van der Waals surface area contributed by atoms with E-state index in [9.17, 15) is 4.39 Å². The van der Waals surface area contributed by atoms with Crippen molar-refractivity contribution in [3.8, 4) is 0 Å². The van der Waals surface area contributed by atoms with E-state index in [1.807, 2.05) is 31.2 Å². The summed E-state index contributed by atoms with van der Waals surface area (Å²) in [4.78, 5) is 0. The van der Waals surface area contributed by atoms with Gasteiger partial charge in [0.05, 0.1) is 10.7 Å². The van der Waals surface area contributed by atoms with Gasteiger partial charge in [0.25, 0.3) is 0 Å². The molecule has 0 aliphatic heterocycles. The Kier molecular flexibility index (Phi) is 4.25. The molecule has 0 aromatic heterocycles. The van der Waals surface area contributed by atoms with Gasteiger partial charge in [0.15, 0.2) is 0 Å². The summed E-state index contributed by atoms with van der Waals surface area (Å²) >= 11 is 9.47. The number of anilines is 1. The lowest BCUT2D eigenvalue weighted by molar-refractivity contribution is 0.627. The summed E-state index contributed by atoms with van der Waals surface area (Å²) in [7, 11) is 0. The zero-order chi connectivity index (χ0) is 13.1. The predicted octanol–water partition coefficient (Wildman–Crippen LogP) is 5.41. The molecular weight excluding hydrogens is 317 g/mol. The number of para-hydroxylation sites is 1. The van der Waals surface area contributed by atoms with Gasteiger partial charge in [-0.3, -0.25) is 0 Å². The standard InChI is InChI=1S/C14H12BrClFN/c1-9(10-5-2-3-6-11(10)15)18-14-12(16)7-4-8-13(14)17/h2-9,18H,1H3. The second kappa shape index (κ2) is 5.72. The van der Waals surface area contributed by atoms with Crippen LogP contribution in [0.1, 0.15) is 18.5 Å². The Balaban J connectivity index is 2.27. The van der Waals surface area contributed by atoms with Gasteiger partial charge in [-0.05, 0) is 30.7 Å². The van der Waals surface area contributed by atoms with Gasteiger partial charge >= 0.3 is 0 Å². The lowest BCUT2D eigenvalue weighted by Crippen LogP contribution is -2.09. The van der Waals surface area contributed by atoms with E-state index in [-0.39, 0.29) is 11.9 Å². The third-order valence-electron chi connectivity index (χ3n) is 2.70. The Labute approximate surface area is 119 Å². The maximum atomic E-state index is 13.7. The average molecular weight is 329 g/mol. The van der Waals surface area contributed by atoms with E-state index in [4.69, 9.17) is 11.6 Å². The van der Waals surface area contributed by atoms with E-state index >= 15 is 0 Å². The topological polar surface area (TPSA) is 12.0 Å². The molecule has 0 aliphatic carbocycles. The van der Waals surface area contributed by atoms with Crippen LogP contribution in [0.4, 0.5) is 10.1 Å². The maximum Gasteiger partial charge on any atom is 0.147 e. The molecule has 0 aliphatic rings. The second-order valence-electron chi connectivity index (χ2n) is 3.98. The normalized spacial score (nSPS) is 12.2. The molecule has 1 nitrogen and oxygen atoms in total. The highest BCUT2D eigenvalue weighted by Crippen LogP contribution is 2.31. The van der Waals surface area contributed by atoms with E-state index in [1.165, 1.54) is 6.07 Å². The second-order valence-corrected chi connectivity index (χ2v) is 5.25. The van der Waals surface area contributed by atoms with Gasteiger partial charge in [0.2, 0.25) is 0 Å². The van der Waals surface area contributed by atoms with Crippen LogP contribution in [0.5, 0.6) is 0 Å². The minimum absolute atomic E-state index is 0.0463. The van der Waals surface area contributed by atoms with Crippen molar-refractivity contribution < 1.29 is 4.39 Å². The first-order valence-corrected chi connectivity index (χ1v) is 6.71. The van der Waals surface area contributed by atoms with Crippen LogP contribution in [0.2, 0.25) is 5.02 Å². The van der Waals surface area contributed by atoms with Crippen LogP contribution in [-0.2, 0) is 0 Å². The fourth-order valence-electron chi connectivity index (χ4n) is 1.76. The highest BCUT2D eigenvalue weighted by atomic mass is 79.9. The van der Waals surface area contributed by atoms with Crippen molar-refractivity contribution in [2.75, 3.05) is 5.32 Å². The van der Waals surface area contributed by atoms with Crippen molar-refractivity contribution in [1.82, 2.24) is 0 Å². The third-order valence-corrected chi connectivity index (χ3v) is 3.73. The smallest absolute Gasteiger partial charge is 0.147 e. The molecule has 0 saturated heterocycles. The molecule has 1 unspecified atom stereocenters. The minimum atomic E-state index is -0.346. The quantitative estimate of drug-likeness (QED) is 0.794. The first-order chi connectivity index (χ1) is 8.59. The third kappa shape index (κ3) is 2.85. The molecule has 18 heavy (non-hydrogen) atoms. The van der Waals surface area contributed by atoms with Gasteiger partial charge in [-0.25, -0.2) is 4.39 Å². The molecule has 1 atom stereocenters. The summed E-state index contributed by atoms with van der Waals surface area (Å²) in [6, 6.07) is 12.4. The van der Waals surface area contributed by atoms with Crippen LogP contribution in [0.25, 0.3) is 0 Å². The summed E-state index contributed by atoms with van der Waals surface area (Å²) in [5.41, 5.74) is 1.39. The van der Waals surface area contributed by atoms with Crippen molar-refractivity contribution in [3.63, 3.8) is 0 Å².